The molecule has 138 valence electrons. The summed E-state index contributed by atoms with van der Waals surface area (Å²) in [5, 5.41) is 0. The van der Waals surface area contributed by atoms with Crippen molar-refractivity contribution in [3.05, 3.63) is 30.3 Å². The van der Waals surface area contributed by atoms with Crippen LogP contribution in [0.15, 0.2) is 30.3 Å². The van der Waals surface area contributed by atoms with Crippen LogP contribution in [0.4, 0.5) is 0 Å². The molecule has 6 nitrogen and oxygen atoms in total. The van der Waals surface area contributed by atoms with Crippen molar-refractivity contribution < 1.29 is 19.0 Å². The quantitative estimate of drug-likeness (QED) is 0.775. The van der Waals surface area contributed by atoms with E-state index in [1.165, 1.54) is 0 Å². The van der Waals surface area contributed by atoms with E-state index in [4.69, 9.17) is 14.2 Å². The van der Waals surface area contributed by atoms with Crippen molar-refractivity contribution >= 4 is 5.91 Å². The number of ether oxygens (including phenoxy) is 3. The van der Waals surface area contributed by atoms with Crippen molar-refractivity contribution in [2.45, 2.75) is 12.5 Å². The number of fused-ring (bicyclic) bond motifs is 1. The van der Waals surface area contributed by atoms with Crippen LogP contribution in [-0.4, -0.2) is 81.5 Å². The molecule has 3 rings (SSSR count). The maximum absolute atomic E-state index is 12.5. The second-order valence-electron chi connectivity index (χ2n) is 6.69. The fourth-order valence-electron chi connectivity index (χ4n) is 3.52. The zero-order valence-corrected chi connectivity index (χ0v) is 14.9. The number of rotatable bonds is 6. The van der Waals surface area contributed by atoms with Crippen molar-refractivity contribution in [3.63, 3.8) is 0 Å². The molecule has 0 bridgehead atoms. The molecule has 1 aromatic rings. The van der Waals surface area contributed by atoms with Gasteiger partial charge >= 0.3 is 0 Å². The number of benzene rings is 1. The number of nitrogens with zero attached hydrogens (tertiary/aromatic N) is 2. The second-order valence-corrected chi connectivity index (χ2v) is 6.69. The number of hydrogen-bond donors (Lipinski definition) is 0. The highest BCUT2D eigenvalue weighted by Crippen LogP contribution is 2.24. The molecule has 0 saturated carbocycles. The van der Waals surface area contributed by atoms with E-state index in [0.29, 0.717) is 19.1 Å². The number of methoxy groups -OCH3 is 1. The Kier molecular flexibility index (Phi) is 6.67. The smallest absolute Gasteiger partial charge is 0.260 e. The molecule has 2 aliphatic heterocycles. The van der Waals surface area contributed by atoms with Crippen molar-refractivity contribution in [1.29, 1.82) is 0 Å². The number of likely N-dealkylation sites (tertiary alicyclic amines) is 1. The zero-order chi connectivity index (χ0) is 17.5. The number of piperidine rings is 1. The van der Waals surface area contributed by atoms with Crippen LogP contribution in [0.1, 0.15) is 6.42 Å². The van der Waals surface area contributed by atoms with Gasteiger partial charge in [-0.3, -0.25) is 9.69 Å². The van der Waals surface area contributed by atoms with E-state index in [-0.39, 0.29) is 18.6 Å². The van der Waals surface area contributed by atoms with Gasteiger partial charge in [0.25, 0.3) is 5.91 Å². The minimum atomic E-state index is 0.0337. The maximum Gasteiger partial charge on any atom is 0.260 e. The minimum absolute atomic E-state index is 0.0337. The summed E-state index contributed by atoms with van der Waals surface area (Å²) in [7, 11) is 1.73. The molecule has 2 saturated heterocycles. The maximum atomic E-state index is 12.5. The largest absolute Gasteiger partial charge is 0.484 e. The Morgan fingerprint density at radius 3 is 2.88 bits per heavy atom. The van der Waals surface area contributed by atoms with Crippen LogP contribution in [0, 0.1) is 5.92 Å². The van der Waals surface area contributed by atoms with Gasteiger partial charge in [0.2, 0.25) is 0 Å². The highest BCUT2D eigenvalue weighted by Gasteiger charge is 2.34. The van der Waals surface area contributed by atoms with Gasteiger partial charge in [0, 0.05) is 45.8 Å². The fourth-order valence-corrected chi connectivity index (χ4v) is 3.52. The Morgan fingerprint density at radius 1 is 1.24 bits per heavy atom. The predicted octanol–water partition coefficient (Wildman–Crippen LogP) is 1.26. The van der Waals surface area contributed by atoms with Gasteiger partial charge < -0.3 is 19.1 Å². The second kappa shape index (κ2) is 9.17. The Balaban J connectivity index is 1.48. The van der Waals surface area contributed by atoms with Gasteiger partial charge in [-0.15, -0.1) is 0 Å². The summed E-state index contributed by atoms with van der Waals surface area (Å²) in [5.74, 6) is 1.25. The lowest BCUT2D eigenvalue weighted by Gasteiger charge is -2.38. The molecular weight excluding hydrogens is 320 g/mol. The zero-order valence-electron chi connectivity index (χ0n) is 14.9. The standard InChI is InChI=1S/C19H28N2O4/c1-23-11-9-20-10-12-24-18-14-21(8-7-16(18)13-20)19(22)15-25-17-5-3-2-4-6-17/h2-6,16,18H,7-15H2,1H3/t16-,18-/m0/s1. The molecule has 0 unspecified atom stereocenters. The van der Waals surface area contributed by atoms with Crippen LogP contribution in [0.2, 0.25) is 0 Å². The predicted molar refractivity (Wildman–Crippen MR) is 94.7 cm³/mol. The molecule has 0 radical (unpaired) electrons. The van der Waals surface area contributed by atoms with Crippen LogP contribution in [0.3, 0.4) is 0 Å². The van der Waals surface area contributed by atoms with Gasteiger partial charge in [0.15, 0.2) is 6.61 Å². The lowest BCUT2D eigenvalue weighted by atomic mass is 9.93. The third-order valence-electron chi connectivity index (χ3n) is 5.00. The average Bonchev–Trinajstić information content (AvgIpc) is 2.86. The van der Waals surface area contributed by atoms with Crippen molar-refractivity contribution in [2.75, 3.05) is 59.7 Å². The van der Waals surface area contributed by atoms with E-state index in [0.717, 1.165) is 45.0 Å². The highest BCUT2D eigenvalue weighted by molar-refractivity contribution is 5.77. The van der Waals surface area contributed by atoms with Crippen molar-refractivity contribution in [2.24, 2.45) is 5.92 Å². The van der Waals surface area contributed by atoms with E-state index in [1.54, 1.807) is 7.11 Å². The summed E-state index contributed by atoms with van der Waals surface area (Å²) in [4.78, 5) is 16.7. The van der Waals surface area contributed by atoms with Crippen LogP contribution in [-0.2, 0) is 14.3 Å². The molecule has 0 aliphatic carbocycles. The lowest BCUT2D eigenvalue weighted by molar-refractivity contribution is -0.139. The molecule has 2 fully saturated rings. The first kappa shape index (κ1) is 18.2. The molecule has 6 heteroatoms. The SMILES string of the molecule is COCCN1CCO[C@H]2CN(C(=O)COc3ccccc3)CC[C@H]2C1. The summed E-state index contributed by atoms with van der Waals surface area (Å²) >= 11 is 0. The summed E-state index contributed by atoms with van der Waals surface area (Å²) in [6.45, 7) is 5.89. The summed E-state index contributed by atoms with van der Waals surface area (Å²) in [5.41, 5.74) is 0. The molecule has 0 spiro atoms. The normalized spacial score (nSPS) is 24.4. The van der Waals surface area contributed by atoms with Gasteiger partial charge in [-0.05, 0) is 18.6 Å². The first-order chi connectivity index (χ1) is 12.3. The van der Waals surface area contributed by atoms with Crippen LogP contribution >= 0.6 is 0 Å². The fraction of sp³-hybridized carbons (Fsp3) is 0.632. The third kappa shape index (κ3) is 5.17. The van der Waals surface area contributed by atoms with Gasteiger partial charge in [-0.1, -0.05) is 18.2 Å². The van der Waals surface area contributed by atoms with Crippen molar-refractivity contribution in [3.8, 4) is 5.75 Å². The topological polar surface area (TPSA) is 51.2 Å². The average molecular weight is 348 g/mol. The van der Waals surface area contributed by atoms with Gasteiger partial charge in [0.1, 0.15) is 5.75 Å². The van der Waals surface area contributed by atoms with Crippen LogP contribution < -0.4 is 4.74 Å². The molecule has 0 aromatic heterocycles. The lowest BCUT2D eigenvalue weighted by Crippen LogP contribution is -2.50. The number of para-hydroxylation sites is 1. The van der Waals surface area contributed by atoms with Gasteiger partial charge in [-0.25, -0.2) is 0 Å². The van der Waals surface area contributed by atoms with Gasteiger partial charge in [0.05, 0.1) is 19.3 Å². The Morgan fingerprint density at radius 2 is 2.08 bits per heavy atom. The van der Waals surface area contributed by atoms with Crippen molar-refractivity contribution in [1.82, 2.24) is 9.80 Å². The van der Waals surface area contributed by atoms with Crippen LogP contribution in [0.25, 0.3) is 0 Å². The van der Waals surface area contributed by atoms with E-state index in [1.807, 2.05) is 35.2 Å². The number of carbonyl (C=O) groups excluding carboxylic acids is 1. The first-order valence-corrected chi connectivity index (χ1v) is 9.05. The molecule has 2 heterocycles. The Labute approximate surface area is 149 Å². The van der Waals surface area contributed by atoms with Crippen LogP contribution in [0.5, 0.6) is 5.75 Å². The third-order valence-corrected chi connectivity index (χ3v) is 5.00. The molecule has 1 aromatic carbocycles. The molecule has 0 N–H and O–H groups in total. The number of carbonyl (C=O) groups is 1. The van der Waals surface area contributed by atoms with E-state index >= 15 is 0 Å². The first-order valence-electron chi connectivity index (χ1n) is 9.05. The number of hydrogen-bond acceptors (Lipinski definition) is 5. The van der Waals surface area contributed by atoms with E-state index < -0.39 is 0 Å². The molecule has 25 heavy (non-hydrogen) atoms. The number of amides is 1. The Hall–Kier alpha value is -1.63. The monoisotopic (exact) mass is 348 g/mol. The minimum Gasteiger partial charge on any atom is -0.484 e. The molecule has 1 amide bonds. The summed E-state index contributed by atoms with van der Waals surface area (Å²) in [6.07, 6.45) is 1.10. The molecular formula is C19H28N2O4. The molecule has 2 aliphatic rings. The summed E-state index contributed by atoms with van der Waals surface area (Å²) in [6, 6.07) is 9.46. The van der Waals surface area contributed by atoms with E-state index in [2.05, 4.69) is 4.90 Å². The highest BCUT2D eigenvalue weighted by atomic mass is 16.5. The van der Waals surface area contributed by atoms with E-state index in [9.17, 15) is 4.79 Å². The Bertz CT molecular complexity index is 539. The molecule has 2 atom stereocenters. The van der Waals surface area contributed by atoms with Gasteiger partial charge in [-0.2, -0.15) is 0 Å². The summed E-state index contributed by atoms with van der Waals surface area (Å²) < 4.78 is 16.8.